The third kappa shape index (κ3) is 2.15. The highest BCUT2D eigenvalue weighted by atomic mass is 14.7. The van der Waals surface area contributed by atoms with E-state index in [0.29, 0.717) is 11.8 Å². The molecule has 2 atom stereocenters. The number of aryl methyl sites for hydroxylation is 1. The molecule has 21 heavy (non-hydrogen) atoms. The van der Waals surface area contributed by atoms with Crippen molar-refractivity contribution in [1.29, 1.82) is 0 Å². The van der Waals surface area contributed by atoms with Crippen molar-refractivity contribution >= 4 is 6.08 Å². The molecule has 102 valence electrons. The normalized spacial score (nSPS) is 22.0. The van der Waals surface area contributed by atoms with Crippen molar-refractivity contribution in [1.82, 2.24) is 4.98 Å². The van der Waals surface area contributed by atoms with Crippen LogP contribution in [-0.2, 0) is 0 Å². The van der Waals surface area contributed by atoms with Crippen LogP contribution in [0.15, 0.2) is 66.9 Å². The van der Waals surface area contributed by atoms with Gasteiger partial charge >= 0.3 is 0 Å². The molecule has 1 nitrogen and oxygen atoms in total. The molecule has 2 unspecified atom stereocenters. The smallest absolute Gasteiger partial charge is 0.0704 e. The molecule has 1 aromatic carbocycles. The first-order valence-corrected chi connectivity index (χ1v) is 7.41. The zero-order valence-electron chi connectivity index (χ0n) is 12.0. The van der Waals surface area contributed by atoms with Crippen LogP contribution >= 0.6 is 0 Å². The van der Waals surface area contributed by atoms with Gasteiger partial charge in [0.2, 0.25) is 0 Å². The summed E-state index contributed by atoms with van der Waals surface area (Å²) in [4.78, 5) is 4.51. The maximum atomic E-state index is 4.51. The topological polar surface area (TPSA) is 12.9 Å². The molecule has 0 saturated carbocycles. The standard InChI is InChI=1S/C20H17N/c1-14-10-11-21-20(12-14)17-9-8-16-7-6-15-4-2-3-5-18(15)19(16)13-17/h2-13,15,18H,1H3. The molecular weight excluding hydrogens is 254 g/mol. The summed E-state index contributed by atoms with van der Waals surface area (Å²) in [6.45, 7) is 2.11. The van der Waals surface area contributed by atoms with Gasteiger partial charge in [-0.1, -0.05) is 48.6 Å². The van der Waals surface area contributed by atoms with E-state index in [1.807, 2.05) is 12.3 Å². The molecule has 1 heterocycles. The predicted molar refractivity (Wildman–Crippen MR) is 88.0 cm³/mol. The highest BCUT2D eigenvalue weighted by Gasteiger charge is 2.24. The summed E-state index contributed by atoms with van der Waals surface area (Å²) >= 11 is 0. The van der Waals surface area contributed by atoms with E-state index in [1.165, 1.54) is 22.3 Å². The molecule has 4 rings (SSSR count). The molecule has 0 N–H and O–H groups in total. The van der Waals surface area contributed by atoms with Crippen LogP contribution in [0, 0.1) is 12.8 Å². The minimum Gasteiger partial charge on any atom is -0.256 e. The van der Waals surface area contributed by atoms with Crippen molar-refractivity contribution in [3.05, 3.63) is 83.6 Å². The summed E-state index contributed by atoms with van der Waals surface area (Å²) in [6.07, 6.45) is 15.3. The molecule has 2 aliphatic rings. The Balaban J connectivity index is 1.83. The van der Waals surface area contributed by atoms with Gasteiger partial charge in [0, 0.05) is 23.6 Å². The molecule has 1 heteroatoms. The number of hydrogen-bond donors (Lipinski definition) is 0. The van der Waals surface area contributed by atoms with E-state index in [4.69, 9.17) is 0 Å². The lowest BCUT2D eigenvalue weighted by molar-refractivity contribution is 0.692. The van der Waals surface area contributed by atoms with Crippen molar-refractivity contribution in [2.24, 2.45) is 5.92 Å². The number of hydrogen-bond acceptors (Lipinski definition) is 1. The van der Waals surface area contributed by atoms with Gasteiger partial charge in [-0.3, -0.25) is 4.98 Å². The molecular formula is C20H17N. The Bertz CT molecular complexity index is 780. The van der Waals surface area contributed by atoms with Crippen LogP contribution < -0.4 is 0 Å². The van der Waals surface area contributed by atoms with Crippen LogP contribution in [0.25, 0.3) is 17.3 Å². The van der Waals surface area contributed by atoms with E-state index in [0.717, 1.165) is 5.69 Å². The van der Waals surface area contributed by atoms with Crippen LogP contribution in [0.2, 0.25) is 0 Å². The number of fused-ring (bicyclic) bond motifs is 3. The quantitative estimate of drug-likeness (QED) is 0.718. The number of pyridine rings is 1. The number of benzene rings is 1. The van der Waals surface area contributed by atoms with Crippen LogP contribution in [0.4, 0.5) is 0 Å². The van der Waals surface area contributed by atoms with Crippen LogP contribution in [0.5, 0.6) is 0 Å². The lowest BCUT2D eigenvalue weighted by Crippen LogP contribution is -2.13. The molecule has 0 aliphatic heterocycles. The average molecular weight is 271 g/mol. The summed E-state index contributed by atoms with van der Waals surface area (Å²) in [6, 6.07) is 10.9. The third-order valence-corrected chi connectivity index (χ3v) is 4.33. The Morgan fingerprint density at radius 2 is 1.86 bits per heavy atom. The van der Waals surface area contributed by atoms with E-state index < -0.39 is 0 Å². The van der Waals surface area contributed by atoms with Gasteiger partial charge < -0.3 is 0 Å². The zero-order chi connectivity index (χ0) is 14.2. The van der Waals surface area contributed by atoms with E-state index >= 15 is 0 Å². The Morgan fingerprint density at radius 3 is 2.76 bits per heavy atom. The molecule has 2 aliphatic carbocycles. The fourth-order valence-corrected chi connectivity index (χ4v) is 3.20. The van der Waals surface area contributed by atoms with Crippen molar-refractivity contribution in [3.63, 3.8) is 0 Å². The Kier molecular flexibility index (Phi) is 2.85. The molecule has 0 amide bonds. The summed E-state index contributed by atoms with van der Waals surface area (Å²) in [5.74, 6) is 0.947. The van der Waals surface area contributed by atoms with Gasteiger partial charge in [-0.15, -0.1) is 0 Å². The molecule has 0 bridgehead atoms. The highest BCUT2D eigenvalue weighted by molar-refractivity contribution is 5.68. The number of nitrogens with zero attached hydrogens (tertiary/aromatic N) is 1. The summed E-state index contributed by atoms with van der Waals surface area (Å²) in [7, 11) is 0. The van der Waals surface area contributed by atoms with Gasteiger partial charge in [0.25, 0.3) is 0 Å². The molecule has 0 spiro atoms. The van der Waals surface area contributed by atoms with E-state index in [1.54, 1.807) is 0 Å². The van der Waals surface area contributed by atoms with Crippen molar-refractivity contribution in [2.75, 3.05) is 0 Å². The molecule has 0 fully saturated rings. The molecule has 2 aromatic rings. The Hall–Kier alpha value is -2.41. The minimum atomic E-state index is 0.458. The largest absolute Gasteiger partial charge is 0.256 e. The fraction of sp³-hybridized carbons (Fsp3) is 0.150. The van der Waals surface area contributed by atoms with Crippen molar-refractivity contribution < 1.29 is 0 Å². The van der Waals surface area contributed by atoms with Crippen molar-refractivity contribution in [2.45, 2.75) is 12.8 Å². The van der Waals surface area contributed by atoms with Crippen LogP contribution in [0.1, 0.15) is 22.6 Å². The van der Waals surface area contributed by atoms with Gasteiger partial charge in [0.15, 0.2) is 0 Å². The molecule has 0 saturated heterocycles. The fourth-order valence-electron chi connectivity index (χ4n) is 3.20. The Labute approximate surface area is 125 Å². The van der Waals surface area contributed by atoms with E-state index in [-0.39, 0.29) is 0 Å². The number of allylic oxidation sites excluding steroid dienone is 5. The van der Waals surface area contributed by atoms with Gasteiger partial charge in [-0.2, -0.15) is 0 Å². The lowest BCUT2D eigenvalue weighted by Gasteiger charge is -2.27. The number of rotatable bonds is 1. The summed E-state index contributed by atoms with van der Waals surface area (Å²) in [5.41, 5.74) is 6.24. The Morgan fingerprint density at radius 1 is 0.952 bits per heavy atom. The maximum Gasteiger partial charge on any atom is 0.0704 e. The zero-order valence-corrected chi connectivity index (χ0v) is 12.0. The summed E-state index contributed by atoms with van der Waals surface area (Å²) in [5, 5.41) is 0. The van der Waals surface area contributed by atoms with Crippen molar-refractivity contribution in [3.8, 4) is 11.3 Å². The monoisotopic (exact) mass is 271 g/mol. The second-order valence-corrected chi connectivity index (χ2v) is 5.79. The maximum absolute atomic E-state index is 4.51. The van der Waals surface area contributed by atoms with E-state index in [2.05, 4.69) is 72.6 Å². The third-order valence-electron chi connectivity index (χ3n) is 4.33. The second kappa shape index (κ2) is 4.85. The van der Waals surface area contributed by atoms with Gasteiger partial charge in [-0.25, -0.2) is 0 Å². The van der Waals surface area contributed by atoms with Crippen LogP contribution in [0.3, 0.4) is 0 Å². The second-order valence-electron chi connectivity index (χ2n) is 5.79. The average Bonchev–Trinajstić information content (AvgIpc) is 2.54. The van der Waals surface area contributed by atoms with E-state index in [9.17, 15) is 0 Å². The van der Waals surface area contributed by atoms with Gasteiger partial charge in [-0.05, 0) is 41.8 Å². The van der Waals surface area contributed by atoms with Gasteiger partial charge in [0.1, 0.15) is 0 Å². The first-order chi connectivity index (χ1) is 10.3. The van der Waals surface area contributed by atoms with Gasteiger partial charge in [0.05, 0.1) is 5.69 Å². The number of aromatic nitrogens is 1. The minimum absolute atomic E-state index is 0.458. The SMILES string of the molecule is Cc1ccnc(-c2ccc3c(c2)C2C=CC=CC2C=C3)c1. The highest BCUT2D eigenvalue weighted by Crippen LogP contribution is 2.39. The van der Waals surface area contributed by atoms with Crippen LogP contribution in [-0.4, -0.2) is 4.98 Å². The molecule has 0 radical (unpaired) electrons. The predicted octanol–water partition coefficient (Wildman–Crippen LogP) is 4.91. The first kappa shape index (κ1) is 12.3. The summed E-state index contributed by atoms with van der Waals surface area (Å²) < 4.78 is 0. The first-order valence-electron chi connectivity index (χ1n) is 7.41. The lowest BCUT2D eigenvalue weighted by atomic mass is 9.76. The molecule has 1 aromatic heterocycles.